The molecule has 5 heteroatoms. The van der Waals surface area contributed by atoms with Crippen molar-refractivity contribution in [1.82, 2.24) is 5.32 Å². The minimum absolute atomic E-state index is 0.0441. The number of benzene rings is 2. The van der Waals surface area contributed by atoms with Crippen LogP contribution in [0.3, 0.4) is 0 Å². The van der Waals surface area contributed by atoms with E-state index >= 15 is 0 Å². The third kappa shape index (κ3) is 5.34. The van der Waals surface area contributed by atoms with Crippen molar-refractivity contribution in [3.63, 3.8) is 0 Å². The SMILES string of the molecule is C=CCOC(=O)/C(=C/c1ccc(OC)cc1)NC(=O)c1ccc(C)cc1. The van der Waals surface area contributed by atoms with Crippen molar-refractivity contribution in [2.75, 3.05) is 13.7 Å². The molecule has 0 heterocycles. The molecule has 0 radical (unpaired) electrons. The van der Waals surface area contributed by atoms with Gasteiger partial charge in [-0.05, 0) is 42.8 Å². The summed E-state index contributed by atoms with van der Waals surface area (Å²) in [4.78, 5) is 24.7. The van der Waals surface area contributed by atoms with Crippen LogP contribution in [0.5, 0.6) is 5.75 Å². The van der Waals surface area contributed by atoms with Crippen molar-refractivity contribution in [3.8, 4) is 5.75 Å². The van der Waals surface area contributed by atoms with Gasteiger partial charge < -0.3 is 14.8 Å². The zero-order chi connectivity index (χ0) is 18.9. The lowest BCUT2D eigenvalue weighted by molar-refractivity contribution is -0.138. The molecule has 0 bridgehead atoms. The van der Waals surface area contributed by atoms with Crippen LogP contribution in [-0.4, -0.2) is 25.6 Å². The monoisotopic (exact) mass is 351 g/mol. The van der Waals surface area contributed by atoms with Crippen LogP contribution in [0, 0.1) is 6.92 Å². The fraction of sp³-hybridized carbons (Fsp3) is 0.143. The number of methoxy groups -OCH3 is 1. The first-order chi connectivity index (χ1) is 12.5. The van der Waals surface area contributed by atoms with Gasteiger partial charge in [0.1, 0.15) is 18.1 Å². The molecule has 134 valence electrons. The second-order valence-corrected chi connectivity index (χ2v) is 5.54. The number of nitrogens with one attached hydrogen (secondary N) is 1. The van der Waals surface area contributed by atoms with Gasteiger partial charge in [0.15, 0.2) is 0 Å². The quantitative estimate of drug-likeness (QED) is 0.471. The Bertz CT molecular complexity index is 805. The van der Waals surface area contributed by atoms with Crippen molar-refractivity contribution in [2.24, 2.45) is 0 Å². The van der Waals surface area contributed by atoms with Gasteiger partial charge in [-0.2, -0.15) is 0 Å². The minimum atomic E-state index is -0.638. The first-order valence-corrected chi connectivity index (χ1v) is 8.05. The highest BCUT2D eigenvalue weighted by Gasteiger charge is 2.15. The Morgan fingerprint density at radius 1 is 1.08 bits per heavy atom. The van der Waals surface area contributed by atoms with Gasteiger partial charge in [-0.1, -0.05) is 42.5 Å². The maximum atomic E-state index is 12.4. The van der Waals surface area contributed by atoms with E-state index in [9.17, 15) is 9.59 Å². The molecule has 2 rings (SSSR count). The molecule has 0 spiro atoms. The van der Waals surface area contributed by atoms with Gasteiger partial charge in [-0.3, -0.25) is 4.79 Å². The molecule has 0 aliphatic heterocycles. The molecular weight excluding hydrogens is 330 g/mol. The molecule has 0 aliphatic rings. The van der Waals surface area contributed by atoms with Gasteiger partial charge >= 0.3 is 5.97 Å². The highest BCUT2D eigenvalue weighted by molar-refractivity contribution is 6.03. The number of esters is 1. The van der Waals surface area contributed by atoms with Gasteiger partial charge in [-0.15, -0.1) is 0 Å². The largest absolute Gasteiger partial charge is 0.497 e. The molecule has 26 heavy (non-hydrogen) atoms. The zero-order valence-corrected chi connectivity index (χ0v) is 14.8. The Kier molecular flexibility index (Phi) is 6.74. The Labute approximate surface area is 152 Å². The topological polar surface area (TPSA) is 64.6 Å². The lowest BCUT2D eigenvalue weighted by Gasteiger charge is -2.10. The average Bonchev–Trinajstić information content (AvgIpc) is 2.66. The van der Waals surface area contributed by atoms with Crippen molar-refractivity contribution in [1.29, 1.82) is 0 Å². The van der Waals surface area contributed by atoms with Crippen molar-refractivity contribution in [3.05, 3.63) is 83.6 Å². The molecule has 0 fully saturated rings. The van der Waals surface area contributed by atoms with Crippen LogP contribution < -0.4 is 10.1 Å². The summed E-state index contributed by atoms with van der Waals surface area (Å²) in [5.74, 6) is -0.330. The molecule has 0 saturated carbocycles. The summed E-state index contributed by atoms with van der Waals surface area (Å²) in [5.41, 5.74) is 2.26. The van der Waals surface area contributed by atoms with E-state index in [1.54, 1.807) is 49.6 Å². The number of aryl methyl sites for hydroxylation is 1. The summed E-state index contributed by atoms with van der Waals surface area (Å²) in [6.07, 6.45) is 3.02. The smallest absolute Gasteiger partial charge is 0.355 e. The van der Waals surface area contributed by atoms with Gasteiger partial charge in [0, 0.05) is 5.56 Å². The van der Waals surface area contributed by atoms with Crippen LogP contribution in [0.2, 0.25) is 0 Å². The molecule has 0 unspecified atom stereocenters. The van der Waals surface area contributed by atoms with E-state index in [2.05, 4.69) is 11.9 Å². The van der Waals surface area contributed by atoms with E-state index in [4.69, 9.17) is 9.47 Å². The first-order valence-electron chi connectivity index (χ1n) is 8.05. The summed E-state index contributed by atoms with van der Waals surface area (Å²) in [6.45, 7) is 5.50. The van der Waals surface area contributed by atoms with Crippen LogP contribution >= 0.6 is 0 Å². The predicted octanol–water partition coefficient (Wildman–Crippen LogP) is 3.50. The molecule has 2 aromatic carbocycles. The summed E-state index contributed by atoms with van der Waals surface area (Å²) in [5, 5.41) is 2.62. The molecule has 0 aliphatic carbocycles. The van der Waals surface area contributed by atoms with Crippen LogP contribution in [0.25, 0.3) is 6.08 Å². The van der Waals surface area contributed by atoms with Crippen molar-refractivity contribution in [2.45, 2.75) is 6.92 Å². The average molecular weight is 351 g/mol. The molecule has 0 aromatic heterocycles. The summed E-state index contributed by atoms with van der Waals surface area (Å²) < 4.78 is 10.2. The number of amides is 1. The lowest BCUT2D eigenvalue weighted by atomic mass is 10.1. The second-order valence-electron chi connectivity index (χ2n) is 5.54. The summed E-state index contributed by atoms with van der Waals surface area (Å²) in [6, 6.07) is 14.1. The van der Waals surface area contributed by atoms with E-state index in [1.165, 1.54) is 6.08 Å². The number of ether oxygens (including phenoxy) is 2. The third-order valence-corrected chi connectivity index (χ3v) is 3.54. The van der Waals surface area contributed by atoms with E-state index in [-0.39, 0.29) is 18.2 Å². The Morgan fingerprint density at radius 3 is 2.31 bits per heavy atom. The fourth-order valence-corrected chi connectivity index (χ4v) is 2.12. The molecule has 1 N–H and O–H groups in total. The van der Waals surface area contributed by atoms with Gasteiger partial charge in [0.05, 0.1) is 7.11 Å². The maximum Gasteiger partial charge on any atom is 0.355 e. The minimum Gasteiger partial charge on any atom is -0.497 e. The number of carbonyl (C=O) groups is 2. The fourth-order valence-electron chi connectivity index (χ4n) is 2.12. The highest BCUT2D eigenvalue weighted by atomic mass is 16.5. The van der Waals surface area contributed by atoms with Gasteiger partial charge in [0.2, 0.25) is 0 Å². The number of rotatable bonds is 7. The standard InChI is InChI=1S/C21H21NO4/c1-4-13-26-21(24)19(14-16-7-11-18(25-3)12-8-16)22-20(23)17-9-5-15(2)6-10-17/h4-12,14H,1,13H2,2-3H3,(H,22,23)/b19-14-. The third-order valence-electron chi connectivity index (χ3n) is 3.54. The van der Waals surface area contributed by atoms with Gasteiger partial charge in [-0.25, -0.2) is 4.79 Å². The second kappa shape index (κ2) is 9.22. The van der Waals surface area contributed by atoms with Crippen molar-refractivity contribution < 1.29 is 19.1 Å². The van der Waals surface area contributed by atoms with Crippen molar-refractivity contribution >= 4 is 18.0 Å². The normalized spacial score (nSPS) is 10.8. The zero-order valence-electron chi connectivity index (χ0n) is 14.8. The maximum absolute atomic E-state index is 12.4. The van der Waals surface area contributed by atoms with Crippen LogP contribution in [0.15, 0.2) is 66.9 Å². The van der Waals surface area contributed by atoms with E-state index in [0.717, 1.165) is 11.1 Å². The molecular formula is C21H21NO4. The number of carbonyl (C=O) groups excluding carboxylic acids is 2. The van der Waals surface area contributed by atoms with E-state index in [0.29, 0.717) is 11.3 Å². The molecule has 5 nitrogen and oxygen atoms in total. The summed E-state index contributed by atoms with van der Waals surface area (Å²) in [7, 11) is 1.57. The number of hydrogen-bond acceptors (Lipinski definition) is 4. The Balaban J connectivity index is 2.25. The highest BCUT2D eigenvalue weighted by Crippen LogP contribution is 2.14. The molecule has 0 atom stereocenters. The number of hydrogen-bond donors (Lipinski definition) is 1. The van der Waals surface area contributed by atoms with Crippen LogP contribution in [-0.2, 0) is 9.53 Å². The van der Waals surface area contributed by atoms with Crippen LogP contribution in [0.4, 0.5) is 0 Å². The summed E-state index contributed by atoms with van der Waals surface area (Å²) >= 11 is 0. The molecule has 0 saturated heterocycles. The predicted molar refractivity (Wildman–Crippen MR) is 101 cm³/mol. The Morgan fingerprint density at radius 2 is 1.73 bits per heavy atom. The van der Waals surface area contributed by atoms with E-state index < -0.39 is 5.97 Å². The van der Waals surface area contributed by atoms with E-state index in [1.807, 2.05) is 19.1 Å². The Hall–Kier alpha value is -3.34. The first kappa shape index (κ1) is 19.0. The lowest BCUT2D eigenvalue weighted by Crippen LogP contribution is -2.28. The van der Waals surface area contributed by atoms with Gasteiger partial charge in [0.25, 0.3) is 5.91 Å². The molecule has 1 amide bonds. The van der Waals surface area contributed by atoms with Crippen LogP contribution in [0.1, 0.15) is 21.5 Å². The molecule has 2 aromatic rings.